The summed E-state index contributed by atoms with van der Waals surface area (Å²) in [5, 5.41) is 6.69. The molecule has 0 aliphatic rings. The van der Waals surface area contributed by atoms with E-state index in [1.807, 2.05) is 0 Å². The van der Waals surface area contributed by atoms with E-state index in [1.54, 1.807) is 91.0 Å². The summed E-state index contributed by atoms with van der Waals surface area (Å²) in [6.45, 7) is -0.720. The van der Waals surface area contributed by atoms with Crippen molar-refractivity contribution in [3.8, 4) is 17.2 Å². The van der Waals surface area contributed by atoms with Gasteiger partial charge in [0.2, 0.25) is 0 Å². The van der Waals surface area contributed by atoms with Crippen molar-refractivity contribution < 1.29 is 32.2 Å². The Balaban J connectivity index is 1.34. The number of methoxy groups -OCH3 is 2. The number of benzene rings is 4. The summed E-state index contributed by atoms with van der Waals surface area (Å²) in [6, 6.07) is 27.9. The van der Waals surface area contributed by atoms with Crippen LogP contribution in [0.15, 0.2) is 113 Å². The van der Waals surface area contributed by atoms with Crippen molar-refractivity contribution in [1.29, 1.82) is 0 Å². The number of hydrazone groups is 1. The number of nitrogens with one attached hydrogen (secondary N) is 2. The fourth-order valence-electron chi connectivity index (χ4n) is 3.86. The van der Waals surface area contributed by atoms with Gasteiger partial charge in [-0.25, -0.2) is 13.8 Å². The van der Waals surface area contributed by atoms with Gasteiger partial charge in [-0.2, -0.15) is 5.10 Å². The van der Waals surface area contributed by atoms with Crippen LogP contribution in [0.5, 0.6) is 17.2 Å². The molecule has 2 amide bonds. The van der Waals surface area contributed by atoms with Crippen LogP contribution >= 0.6 is 0 Å². The van der Waals surface area contributed by atoms with Crippen LogP contribution in [-0.4, -0.2) is 53.8 Å². The molecule has 0 unspecified atom stereocenters. The lowest BCUT2D eigenvalue weighted by molar-refractivity contribution is -0.119. The van der Waals surface area contributed by atoms with Crippen LogP contribution < -0.4 is 29.3 Å². The molecule has 0 heterocycles. The van der Waals surface area contributed by atoms with E-state index in [4.69, 9.17) is 14.2 Å². The minimum absolute atomic E-state index is 0.0432. The lowest BCUT2D eigenvalue weighted by atomic mass is 10.2. The first-order valence-electron chi connectivity index (χ1n) is 13.0. The summed E-state index contributed by atoms with van der Waals surface area (Å²) < 4.78 is 43.7. The van der Waals surface area contributed by atoms with Gasteiger partial charge in [0.1, 0.15) is 23.8 Å². The third-order valence-electron chi connectivity index (χ3n) is 6.01. The van der Waals surface area contributed by atoms with E-state index in [9.17, 15) is 18.0 Å². The molecule has 4 rings (SSSR count). The highest BCUT2D eigenvalue weighted by molar-refractivity contribution is 7.92. The molecule has 43 heavy (non-hydrogen) atoms. The van der Waals surface area contributed by atoms with E-state index in [0.717, 1.165) is 4.31 Å². The number of carbonyl (C=O) groups is 2. The van der Waals surface area contributed by atoms with Crippen molar-refractivity contribution in [2.24, 2.45) is 5.10 Å². The van der Waals surface area contributed by atoms with Crippen LogP contribution in [0, 0.1) is 0 Å². The average Bonchev–Trinajstić information content (AvgIpc) is 3.04. The molecule has 0 atom stereocenters. The van der Waals surface area contributed by atoms with Crippen LogP contribution in [0.25, 0.3) is 0 Å². The Morgan fingerprint density at radius 2 is 1.44 bits per heavy atom. The van der Waals surface area contributed by atoms with Crippen LogP contribution in [-0.2, 0) is 19.6 Å². The zero-order valence-corrected chi connectivity index (χ0v) is 24.3. The van der Waals surface area contributed by atoms with Gasteiger partial charge in [-0.1, -0.05) is 30.3 Å². The van der Waals surface area contributed by atoms with E-state index in [0.29, 0.717) is 28.5 Å². The molecule has 0 saturated carbocycles. The summed E-state index contributed by atoms with van der Waals surface area (Å²) in [4.78, 5) is 25.1. The Morgan fingerprint density at radius 1 is 0.791 bits per heavy atom. The number of para-hydroxylation sites is 2. The van der Waals surface area contributed by atoms with Crippen molar-refractivity contribution in [3.63, 3.8) is 0 Å². The highest BCUT2D eigenvalue weighted by Gasteiger charge is 2.27. The smallest absolute Gasteiger partial charge is 0.264 e. The number of anilines is 2. The maximum absolute atomic E-state index is 13.4. The SMILES string of the molecule is COc1ccc(N(CC(=O)N/N=C/c2ccc(OCC(=O)Nc3ccccc3OC)cc2)S(=O)(=O)c2ccccc2)cc1. The van der Waals surface area contributed by atoms with Crippen molar-refractivity contribution in [2.75, 3.05) is 37.0 Å². The number of hydrogen-bond donors (Lipinski definition) is 2. The number of nitrogens with zero attached hydrogens (tertiary/aromatic N) is 2. The number of carbonyl (C=O) groups excluding carboxylic acids is 2. The predicted molar refractivity (Wildman–Crippen MR) is 163 cm³/mol. The highest BCUT2D eigenvalue weighted by Crippen LogP contribution is 2.26. The number of ether oxygens (including phenoxy) is 3. The minimum atomic E-state index is -4.05. The molecule has 0 saturated heterocycles. The van der Waals surface area contributed by atoms with Crippen molar-refractivity contribution >= 4 is 39.4 Å². The lowest BCUT2D eigenvalue weighted by Crippen LogP contribution is -2.39. The first kappa shape index (κ1) is 30.6. The molecule has 0 aliphatic carbocycles. The monoisotopic (exact) mass is 602 g/mol. The van der Waals surface area contributed by atoms with Gasteiger partial charge in [0.25, 0.3) is 21.8 Å². The van der Waals surface area contributed by atoms with Crippen LogP contribution in [0.4, 0.5) is 11.4 Å². The van der Waals surface area contributed by atoms with Gasteiger partial charge in [0, 0.05) is 0 Å². The normalized spacial score (nSPS) is 11.0. The second kappa shape index (κ2) is 14.5. The fraction of sp³-hybridized carbons (Fsp3) is 0.129. The molecule has 0 bridgehead atoms. The molecule has 0 spiro atoms. The zero-order chi connectivity index (χ0) is 30.7. The van der Waals surface area contributed by atoms with Crippen LogP contribution in [0.2, 0.25) is 0 Å². The Hall–Kier alpha value is -5.36. The minimum Gasteiger partial charge on any atom is -0.497 e. The van der Waals surface area contributed by atoms with Crippen LogP contribution in [0.1, 0.15) is 5.56 Å². The van der Waals surface area contributed by atoms with Gasteiger partial charge in [0.05, 0.1) is 36.7 Å². The molecule has 4 aromatic rings. The number of hydrogen-bond acceptors (Lipinski definition) is 8. The molecule has 4 aromatic carbocycles. The molecule has 0 radical (unpaired) electrons. The molecular formula is C31H30N4O7S. The summed E-state index contributed by atoms with van der Waals surface area (Å²) in [5.41, 5.74) is 3.83. The Labute approximate surface area is 249 Å². The van der Waals surface area contributed by atoms with E-state index in [1.165, 1.54) is 32.6 Å². The summed E-state index contributed by atoms with van der Waals surface area (Å²) in [5.74, 6) is 0.543. The third-order valence-corrected chi connectivity index (χ3v) is 7.80. The zero-order valence-electron chi connectivity index (χ0n) is 23.5. The van der Waals surface area contributed by atoms with Gasteiger partial charge >= 0.3 is 0 Å². The predicted octanol–water partition coefficient (Wildman–Crippen LogP) is 4.07. The van der Waals surface area contributed by atoms with Gasteiger partial charge in [-0.15, -0.1) is 0 Å². The molecule has 0 aromatic heterocycles. The topological polar surface area (TPSA) is 136 Å². The quantitative estimate of drug-likeness (QED) is 0.174. The molecular weight excluding hydrogens is 572 g/mol. The summed E-state index contributed by atoms with van der Waals surface area (Å²) in [7, 11) is -1.03. The maximum Gasteiger partial charge on any atom is 0.264 e. The highest BCUT2D eigenvalue weighted by atomic mass is 32.2. The molecule has 11 nitrogen and oxygen atoms in total. The van der Waals surface area contributed by atoms with E-state index >= 15 is 0 Å². The fourth-order valence-corrected chi connectivity index (χ4v) is 5.30. The molecule has 222 valence electrons. The number of rotatable bonds is 13. The maximum atomic E-state index is 13.4. The van der Waals surface area contributed by atoms with Crippen molar-refractivity contribution in [2.45, 2.75) is 4.90 Å². The van der Waals surface area contributed by atoms with Gasteiger partial charge in [-0.05, 0) is 78.4 Å². The Bertz CT molecular complexity index is 1660. The largest absolute Gasteiger partial charge is 0.497 e. The number of sulfonamides is 1. The second-order valence-electron chi connectivity index (χ2n) is 8.92. The lowest BCUT2D eigenvalue weighted by Gasteiger charge is -2.23. The second-order valence-corrected chi connectivity index (χ2v) is 10.8. The molecule has 12 heteroatoms. The summed E-state index contributed by atoms with van der Waals surface area (Å²) >= 11 is 0. The van der Waals surface area contributed by atoms with E-state index in [-0.39, 0.29) is 23.1 Å². The van der Waals surface area contributed by atoms with Gasteiger partial charge in [-0.3, -0.25) is 13.9 Å². The van der Waals surface area contributed by atoms with E-state index in [2.05, 4.69) is 15.8 Å². The van der Waals surface area contributed by atoms with Crippen molar-refractivity contribution in [3.05, 3.63) is 109 Å². The van der Waals surface area contributed by atoms with Crippen LogP contribution in [0.3, 0.4) is 0 Å². The van der Waals surface area contributed by atoms with Crippen molar-refractivity contribution in [1.82, 2.24) is 5.43 Å². The van der Waals surface area contributed by atoms with Gasteiger partial charge < -0.3 is 19.5 Å². The standard InChI is InChI=1S/C31H30N4O7S/c1-40-25-18-14-24(15-19-25)35(43(38,39)27-8-4-3-5-9-27)21-30(36)34-32-20-23-12-16-26(17-13-23)42-22-31(37)33-28-10-6-7-11-29(28)41-2/h3-20H,21-22H2,1-2H3,(H,33,37)(H,34,36)/b32-20+. The molecule has 0 fully saturated rings. The average molecular weight is 603 g/mol. The number of amides is 2. The first-order valence-corrected chi connectivity index (χ1v) is 14.4. The summed E-state index contributed by atoms with van der Waals surface area (Å²) in [6.07, 6.45) is 1.40. The Morgan fingerprint density at radius 3 is 2.12 bits per heavy atom. The molecule has 2 N–H and O–H groups in total. The third kappa shape index (κ3) is 8.33. The van der Waals surface area contributed by atoms with Gasteiger partial charge in [0.15, 0.2) is 6.61 Å². The molecule has 0 aliphatic heterocycles. The Kier molecular flexibility index (Phi) is 10.3. The van der Waals surface area contributed by atoms with E-state index < -0.39 is 22.5 Å². The first-order chi connectivity index (χ1) is 20.8.